The molecule has 23 heavy (non-hydrogen) atoms. The Morgan fingerprint density at radius 1 is 0.870 bits per heavy atom. The molecule has 0 bridgehead atoms. The van der Waals surface area contributed by atoms with E-state index in [1.807, 2.05) is 38.1 Å². The summed E-state index contributed by atoms with van der Waals surface area (Å²) >= 11 is 0. The van der Waals surface area contributed by atoms with Gasteiger partial charge in [-0.2, -0.15) is 0 Å². The maximum absolute atomic E-state index is 12.5. The quantitative estimate of drug-likeness (QED) is 0.574. The van der Waals surface area contributed by atoms with Gasteiger partial charge in [0.25, 0.3) is 0 Å². The molecule has 124 valence electrons. The summed E-state index contributed by atoms with van der Waals surface area (Å²) in [5.41, 5.74) is 1.41. The molecule has 0 aliphatic rings. The lowest BCUT2D eigenvalue weighted by Gasteiger charge is -2.22. The van der Waals surface area contributed by atoms with Crippen molar-refractivity contribution in [2.75, 3.05) is 7.11 Å². The molecular weight excluding hydrogens is 288 g/mol. The van der Waals surface area contributed by atoms with Crippen molar-refractivity contribution in [1.29, 1.82) is 0 Å². The van der Waals surface area contributed by atoms with Crippen molar-refractivity contribution < 1.29 is 14.3 Å². The minimum Gasteiger partial charge on any atom is -0.493 e. The van der Waals surface area contributed by atoms with Gasteiger partial charge in [-0.25, -0.2) is 4.79 Å². The maximum atomic E-state index is 12.5. The molecule has 0 aromatic heterocycles. The second-order valence-corrected chi connectivity index (χ2v) is 5.84. The molecule has 0 saturated heterocycles. The third-order valence-electron chi connectivity index (χ3n) is 3.23. The minimum atomic E-state index is -0.370. The van der Waals surface area contributed by atoms with E-state index in [0.29, 0.717) is 17.1 Å². The predicted molar refractivity (Wildman–Crippen MR) is 94.4 cm³/mol. The van der Waals surface area contributed by atoms with Crippen LogP contribution in [-0.2, 0) is 5.41 Å². The highest BCUT2D eigenvalue weighted by Gasteiger charge is 2.22. The molecule has 0 N–H and O–H groups in total. The topological polar surface area (TPSA) is 35.5 Å². The molecule has 0 atom stereocenters. The van der Waals surface area contributed by atoms with Crippen LogP contribution in [0.15, 0.2) is 48.5 Å². The minimum absolute atomic E-state index is 0.129. The van der Waals surface area contributed by atoms with E-state index in [-0.39, 0.29) is 11.4 Å². The molecule has 0 aliphatic heterocycles. The summed E-state index contributed by atoms with van der Waals surface area (Å²) in [6.07, 6.45) is 0. The second-order valence-electron chi connectivity index (χ2n) is 5.84. The zero-order valence-corrected chi connectivity index (χ0v) is 14.8. The summed E-state index contributed by atoms with van der Waals surface area (Å²) in [6, 6.07) is 14.6. The normalized spacial score (nSPS) is 10.3. The molecule has 2 rings (SSSR count). The number of para-hydroxylation sites is 2. The summed E-state index contributed by atoms with van der Waals surface area (Å²) in [7, 11) is 1.55. The van der Waals surface area contributed by atoms with Crippen LogP contribution in [0.5, 0.6) is 11.5 Å². The summed E-state index contributed by atoms with van der Waals surface area (Å²) < 4.78 is 10.7. The number of carbonyl (C=O) groups excluding carboxylic acids is 1. The van der Waals surface area contributed by atoms with E-state index in [2.05, 4.69) is 20.8 Å². The van der Waals surface area contributed by atoms with Crippen molar-refractivity contribution in [2.24, 2.45) is 0 Å². The van der Waals surface area contributed by atoms with E-state index in [4.69, 9.17) is 9.47 Å². The number of methoxy groups -OCH3 is 1. The molecule has 2 aromatic rings. The van der Waals surface area contributed by atoms with Crippen molar-refractivity contribution in [3.8, 4) is 11.5 Å². The highest BCUT2D eigenvalue weighted by molar-refractivity contribution is 5.93. The lowest BCUT2D eigenvalue weighted by molar-refractivity contribution is 0.0727. The first-order valence-electron chi connectivity index (χ1n) is 7.88. The molecule has 0 heterocycles. The number of rotatable bonds is 3. The highest BCUT2D eigenvalue weighted by atomic mass is 16.6. The first kappa shape index (κ1) is 18.8. The van der Waals surface area contributed by atoms with Gasteiger partial charge in [-0.3, -0.25) is 0 Å². The summed E-state index contributed by atoms with van der Waals surface area (Å²) in [5, 5.41) is 0. The number of benzene rings is 2. The van der Waals surface area contributed by atoms with Crippen LogP contribution in [0.25, 0.3) is 0 Å². The van der Waals surface area contributed by atoms with Gasteiger partial charge in [0.15, 0.2) is 11.5 Å². The van der Waals surface area contributed by atoms with E-state index >= 15 is 0 Å². The fraction of sp³-hybridized carbons (Fsp3) is 0.350. The molecule has 2 aromatic carbocycles. The first-order chi connectivity index (χ1) is 10.9. The number of esters is 1. The maximum Gasteiger partial charge on any atom is 0.343 e. The Morgan fingerprint density at radius 3 is 1.96 bits per heavy atom. The van der Waals surface area contributed by atoms with Gasteiger partial charge < -0.3 is 9.47 Å². The molecular formula is C20H26O3. The zero-order valence-electron chi connectivity index (χ0n) is 14.8. The van der Waals surface area contributed by atoms with Crippen LogP contribution in [-0.4, -0.2) is 13.1 Å². The molecule has 0 radical (unpaired) electrons. The summed E-state index contributed by atoms with van der Waals surface area (Å²) in [6.45, 7) is 10.2. The predicted octanol–water partition coefficient (Wildman–Crippen LogP) is 5.24. The molecule has 0 fully saturated rings. The number of hydrogen-bond acceptors (Lipinski definition) is 3. The van der Waals surface area contributed by atoms with Gasteiger partial charge in [-0.1, -0.05) is 65.0 Å². The van der Waals surface area contributed by atoms with Gasteiger partial charge in [0.2, 0.25) is 0 Å². The van der Waals surface area contributed by atoms with Gasteiger partial charge in [-0.05, 0) is 29.2 Å². The first-order valence-corrected chi connectivity index (χ1v) is 7.88. The fourth-order valence-corrected chi connectivity index (χ4v) is 2.17. The SMILES string of the molecule is CC.COc1ccccc1OC(=O)c1ccccc1C(C)(C)C. The van der Waals surface area contributed by atoms with E-state index in [0.717, 1.165) is 5.56 Å². The number of hydrogen-bond donors (Lipinski definition) is 0. The van der Waals surface area contributed by atoms with Gasteiger partial charge in [0.1, 0.15) is 0 Å². The lowest BCUT2D eigenvalue weighted by Crippen LogP contribution is -2.19. The van der Waals surface area contributed by atoms with Crippen LogP contribution in [0, 0.1) is 0 Å². The molecule has 0 spiro atoms. The van der Waals surface area contributed by atoms with E-state index < -0.39 is 0 Å². The summed E-state index contributed by atoms with van der Waals surface area (Å²) in [5.74, 6) is 0.595. The van der Waals surface area contributed by atoms with E-state index in [9.17, 15) is 4.79 Å². The van der Waals surface area contributed by atoms with Gasteiger partial charge >= 0.3 is 5.97 Å². The molecule has 0 aliphatic carbocycles. The van der Waals surface area contributed by atoms with Gasteiger partial charge in [0.05, 0.1) is 12.7 Å². The van der Waals surface area contributed by atoms with Crippen molar-refractivity contribution in [3.05, 3.63) is 59.7 Å². The van der Waals surface area contributed by atoms with Crippen molar-refractivity contribution in [3.63, 3.8) is 0 Å². The largest absolute Gasteiger partial charge is 0.493 e. The third kappa shape index (κ3) is 4.85. The van der Waals surface area contributed by atoms with E-state index in [1.54, 1.807) is 31.4 Å². The standard InChI is InChI=1S/C18H20O3.C2H6/c1-18(2,3)14-10-6-5-9-13(14)17(19)21-16-12-8-7-11-15(16)20-4;1-2/h5-12H,1-4H3;1-2H3. The van der Waals surface area contributed by atoms with Crippen LogP contribution in [0.1, 0.15) is 50.5 Å². The Morgan fingerprint density at radius 2 is 1.39 bits per heavy atom. The molecule has 3 heteroatoms. The Bertz CT molecular complexity index is 639. The van der Waals surface area contributed by atoms with Crippen LogP contribution in [0.2, 0.25) is 0 Å². The van der Waals surface area contributed by atoms with Crippen LogP contribution in [0.3, 0.4) is 0 Å². The molecule has 0 saturated carbocycles. The highest BCUT2D eigenvalue weighted by Crippen LogP contribution is 2.29. The van der Waals surface area contributed by atoms with E-state index in [1.165, 1.54) is 0 Å². The van der Waals surface area contributed by atoms with Crippen LogP contribution < -0.4 is 9.47 Å². The van der Waals surface area contributed by atoms with Crippen LogP contribution >= 0.6 is 0 Å². The Balaban J connectivity index is 0.00000127. The zero-order chi connectivity index (χ0) is 17.5. The molecule has 3 nitrogen and oxygen atoms in total. The average molecular weight is 314 g/mol. The second kappa shape index (κ2) is 8.37. The molecule has 0 amide bonds. The van der Waals surface area contributed by atoms with Crippen molar-refractivity contribution >= 4 is 5.97 Å². The van der Waals surface area contributed by atoms with Crippen molar-refractivity contribution in [2.45, 2.75) is 40.0 Å². The third-order valence-corrected chi connectivity index (χ3v) is 3.23. The fourth-order valence-electron chi connectivity index (χ4n) is 2.17. The number of carbonyl (C=O) groups is 1. The lowest BCUT2D eigenvalue weighted by atomic mass is 9.84. The smallest absolute Gasteiger partial charge is 0.343 e. The number of ether oxygens (including phenoxy) is 2. The van der Waals surface area contributed by atoms with Crippen LogP contribution in [0.4, 0.5) is 0 Å². The Kier molecular flexibility index (Phi) is 6.83. The average Bonchev–Trinajstić information content (AvgIpc) is 2.56. The van der Waals surface area contributed by atoms with Gasteiger partial charge in [-0.15, -0.1) is 0 Å². The Labute approximate surface area is 139 Å². The van der Waals surface area contributed by atoms with Gasteiger partial charge in [0, 0.05) is 0 Å². The summed E-state index contributed by atoms with van der Waals surface area (Å²) in [4.78, 5) is 12.5. The van der Waals surface area contributed by atoms with Crippen molar-refractivity contribution in [1.82, 2.24) is 0 Å². The monoisotopic (exact) mass is 314 g/mol. The Hall–Kier alpha value is -2.29. The molecule has 0 unspecified atom stereocenters.